The Bertz CT molecular complexity index is 675. The highest BCUT2D eigenvalue weighted by atomic mass is 32.1. The van der Waals surface area contributed by atoms with Crippen molar-refractivity contribution in [3.8, 4) is 5.75 Å². The van der Waals surface area contributed by atoms with E-state index in [-0.39, 0.29) is 11.8 Å². The summed E-state index contributed by atoms with van der Waals surface area (Å²) in [6, 6.07) is 5.95. The molecule has 1 fully saturated rings. The highest BCUT2D eigenvalue weighted by Gasteiger charge is 2.24. The van der Waals surface area contributed by atoms with E-state index in [9.17, 15) is 4.79 Å². The molecule has 1 amide bonds. The van der Waals surface area contributed by atoms with Crippen molar-refractivity contribution in [1.82, 2.24) is 9.88 Å². The summed E-state index contributed by atoms with van der Waals surface area (Å²) in [5, 5.41) is 1.03. The molecule has 5 nitrogen and oxygen atoms in total. The summed E-state index contributed by atoms with van der Waals surface area (Å²) >= 11 is 1.68. The van der Waals surface area contributed by atoms with E-state index >= 15 is 0 Å². The van der Waals surface area contributed by atoms with Crippen LogP contribution in [0, 0.1) is 5.92 Å². The Balaban J connectivity index is 1.72. The molecule has 2 heterocycles. The van der Waals surface area contributed by atoms with Crippen LogP contribution in [-0.2, 0) is 4.79 Å². The second kappa shape index (κ2) is 6.12. The highest BCUT2D eigenvalue weighted by molar-refractivity contribution is 7.22. The second-order valence-electron chi connectivity index (χ2n) is 5.80. The molecule has 0 radical (unpaired) electrons. The number of fused-ring (bicyclic) bond motifs is 1. The Morgan fingerprint density at radius 2 is 2.00 bits per heavy atom. The topological polar surface area (TPSA) is 45.7 Å². The minimum atomic E-state index is 0.0708. The van der Waals surface area contributed by atoms with Crippen LogP contribution in [0.2, 0.25) is 0 Å². The number of thiazole rings is 1. The Labute approximate surface area is 134 Å². The average molecular weight is 319 g/mol. The van der Waals surface area contributed by atoms with Gasteiger partial charge in [-0.1, -0.05) is 25.2 Å². The number of rotatable bonds is 3. The minimum absolute atomic E-state index is 0.0708. The number of amides is 1. The zero-order chi connectivity index (χ0) is 15.7. The molecule has 6 heteroatoms. The largest absolute Gasteiger partial charge is 0.497 e. The average Bonchev–Trinajstić information content (AvgIpc) is 2.97. The minimum Gasteiger partial charge on any atom is -0.497 e. The molecule has 0 bridgehead atoms. The van der Waals surface area contributed by atoms with Gasteiger partial charge < -0.3 is 14.5 Å². The van der Waals surface area contributed by atoms with Gasteiger partial charge in [0.25, 0.3) is 0 Å². The van der Waals surface area contributed by atoms with Crippen molar-refractivity contribution in [2.45, 2.75) is 13.8 Å². The third kappa shape index (κ3) is 2.88. The van der Waals surface area contributed by atoms with Crippen LogP contribution >= 0.6 is 11.3 Å². The molecule has 0 spiro atoms. The molecule has 2 aromatic rings. The molecular weight excluding hydrogens is 298 g/mol. The van der Waals surface area contributed by atoms with E-state index in [4.69, 9.17) is 9.72 Å². The number of hydrogen-bond donors (Lipinski definition) is 0. The summed E-state index contributed by atoms with van der Waals surface area (Å²) in [4.78, 5) is 21.0. The third-order valence-electron chi connectivity index (χ3n) is 3.94. The van der Waals surface area contributed by atoms with Crippen molar-refractivity contribution in [1.29, 1.82) is 0 Å². The Morgan fingerprint density at radius 3 is 2.64 bits per heavy atom. The molecule has 1 saturated heterocycles. The number of carbonyl (C=O) groups excluding carboxylic acids is 1. The summed E-state index contributed by atoms with van der Waals surface area (Å²) in [7, 11) is 1.67. The molecule has 118 valence electrons. The van der Waals surface area contributed by atoms with Crippen molar-refractivity contribution in [2.24, 2.45) is 5.92 Å². The van der Waals surface area contributed by atoms with Crippen LogP contribution in [0.25, 0.3) is 10.2 Å². The molecule has 0 unspecified atom stereocenters. The highest BCUT2D eigenvalue weighted by Crippen LogP contribution is 2.31. The maximum Gasteiger partial charge on any atom is 0.225 e. The first kappa shape index (κ1) is 15.1. The number of methoxy groups -OCH3 is 1. The number of carbonyl (C=O) groups is 1. The summed E-state index contributed by atoms with van der Waals surface area (Å²) in [5.74, 6) is 1.17. The molecule has 22 heavy (non-hydrogen) atoms. The fourth-order valence-corrected chi connectivity index (χ4v) is 3.68. The van der Waals surface area contributed by atoms with Crippen LogP contribution in [0.15, 0.2) is 18.2 Å². The Hall–Kier alpha value is -1.82. The quantitative estimate of drug-likeness (QED) is 0.872. The Morgan fingerprint density at radius 1 is 1.27 bits per heavy atom. The van der Waals surface area contributed by atoms with Gasteiger partial charge in [-0.25, -0.2) is 4.98 Å². The molecular formula is C16H21N3O2S. The van der Waals surface area contributed by atoms with Crippen LogP contribution in [0.1, 0.15) is 13.8 Å². The van der Waals surface area contributed by atoms with E-state index in [0.29, 0.717) is 0 Å². The Kier molecular flexibility index (Phi) is 4.20. The van der Waals surface area contributed by atoms with Gasteiger partial charge in [-0.15, -0.1) is 0 Å². The standard InChI is InChI=1S/C16H21N3O2S/c1-11(2)15(20)18-6-8-19(9-7-18)16-17-13-5-4-12(21-3)10-14(13)22-16/h4-5,10-11H,6-9H2,1-3H3. The van der Waals surface area contributed by atoms with Gasteiger partial charge in [0.2, 0.25) is 5.91 Å². The van der Waals surface area contributed by atoms with Gasteiger partial charge in [0.1, 0.15) is 5.75 Å². The van der Waals surface area contributed by atoms with Gasteiger partial charge in [0.05, 0.1) is 17.3 Å². The summed E-state index contributed by atoms with van der Waals surface area (Å²) < 4.78 is 6.40. The van der Waals surface area contributed by atoms with E-state index in [0.717, 1.165) is 47.3 Å². The lowest BCUT2D eigenvalue weighted by Crippen LogP contribution is -2.49. The van der Waals surface area contributed by atoms with E-state index in [1.807, 2.05) is 36.9 Å². The number of benzene rings is 1. The summed E-state index contributed by atoms with van der Waals surface area (Å²) in [5.41, 5.74) is 1.00. The predicted molar refractivity (Wildman–Crippen MR) is 89.8 cm³/mol. The van der Waals surface area contributed by atoms with Crippen molar-refractivity contribution in [3.63, 3.8) is 0 Å². The number of ether oxygens (including phenoxy) is 1. The summed E-state index contributed by atoms with van der Waals surface area (Å²) in [6.07, 6.45) is 0. The lowest BCUT2D eigenvalue weighted by molar-refractivity contribution is -0.134. The molecule has 3 rings (SSSR count). The van der Waals surface area contributed by atoms with Crippen molar-refractivity contribution >= 4 is 32.6 Å². The zero-order valence-corrected chi connectivity index (χ0v) is 14.0. The van der Waals surface area contributed by atoms with Gasteiger partial charge in [0.15, 0.2) is 5.13 Å². The third-order valence-corrected chi connectivity index (χ3v) is 5.02. The molecule has 1 aliphatic rings. The SMILES string of the molecule is COc1ccc2nc(N3CCN(C(=O)C(C)C)CC3)sc2c1. The predicted octanol–water partition coefficient (Wildman–Crippen LogP) is 2.61. The van der Waals surface area contributed by atoms with Crippen LogP contribution in [0.3, 0.4) is 0 Å². The molecule has 0 saturated carbocycles. The van der Waals surface area contributed by atoms with Gasteiger partial charge in [-0.3, -0.25) is 4.79 Å². The smallest absolute Gasteiger partial charge is 0.225 e. The summed E-state index contributed by atoms with van der Waals surface area (Å²) in [6.45, 7) is 7.14. The molecule has 1 aromatic carbocycles. The van der Waals surface area contributed by atoms with Crippen molar-refractivity contribution < 1.29 is 9.53 Å². The fraction of sp³-hybridized carbons (Fsp3) is 0.500. The first-order chi connectivity index (χ1) is 10.6. The lowest BCUT2D eigenvalue weighted by Gasteiger charge is -2.35. The van der Waals surface area contributed by atoms with Crippen LogP contribution in [0.4, 0.5) is 5.13 Å². The lowest BCUT2D eigenvalue weighted by atomic mass is 10.2. The zero-order valence-electron chi connectivity index (χ0n) is 13.2. The van der Waals surface area contributed by atoms with Crippen LogP contribution in [-0.4, -0.2) is 49.1 Å². The van der Waals surface area contributed by atoms with E-state index in [1.165, 1.54) is 0 Å². The molecule has 1 aromatic heterocycles. The number of hydrogen-bond acceptors (Lipinski definition) is 5. The molecule has 1 aliphatic heterocycles. The van der Waals surface area contributed by atoms with Crippen molar-refractivity contribution in [2.75, 3.05) is 38.2 Å². The van der Waals surface area contributed by atoms with Gasteiger partial charge in [-0.05, 0) is 18.2 Å². The van der Waals surface area contributed by atoms with Gasteiger partial charge >= 0.3 is 0 Å². The number of anilines is 1. The normalized spacial score (nSPS) is 15.6. The van der Waals surface area contributed by atoms with Crippen LogP contribution < -0.4 is 9.64 Å². The number of aromatic nitrogens is 1. The monoisotopic (exact) mass is 319 g/mol. The maximum absolute atomic E-state index is 12.0. The molecule has 0 atom stereocenters. The van der Waals surface area contributed by atoms with Gasteiger partial charge in [-0.2, -0.15) is 0 Å². The molecule has 0 N–H and O–H groups in total. The molecule has 0 aliphatic carbocycles. The van der Waals surface area contributed by atoms with E-state index in [2.05, 4.69) is 4.90 Å². The number of nitrogens with zero attached hydrogens (tertiary/aromatic N) is 3. The van der Waals surface area contributed by atoms with E-state index < -0.39 is 0 Å². The van der Waals surface area contributed by atoms with Gasteiger partial charge in [0, 0.05) is 32.1 Å². The maximum atomic E-state index is 12.0. The van der Waals surface area contributed by atoms with E-state index in [1.54, 1.807) is 18.4 Å². The first-order valence-corrected chi connectivity index (χ1v) is 8.38. The van der Waals surface area contributed by atoms with Crippen LogP contribution in [0.5, 0.6) is 5.75 Å². The van der Waals surface area contributed by atoms with Crippen molar-refractivity contribution in [3.05, 3.63) is 18.2 Å². The first-order valence-electron chi connectivity index (χ1n) is 7.57. The second-order valence-corrected chi connectivity index (χ2v) is 6.81. The fourth-order valence-electron chi connectivity index (χ4n) is 2.64. The number of piperazine rings is 1.